The van der Waals surface area contributed by atoms with Crippen LogP contribution in [0.15, 0.2) is 11.2 Å². The lowest BCUT2D eigenvalue weighted by atomic mass is 10.1. The first kappa shape index (κ1) is 11.6. The van der Waals surface area contributed by atoms with E-state index >= 15 is 0 Å². The van der Waals surface area contributed by atoms with Crippen LogP contribution < -0.4 is 0 Å². The molecule has 1 atom stereocenters. The molecule has 0 aromatic carbocycles. The summed E-state index contributed by atoms with van der Waals surface area (Å²) < 4.78 is 1.89. The van der Waals surface area contributed by atoms with Crippen molar-refractivity contribution in [1.29, 1.82) is 0 Å². The van der Waals surface area contributed by atoms with Gasteiger partial charge in [0.05, 0.1) is 0 Å². The number of hydrogen-bond acceptors (Lipinski definition) is 2. The third-order valence-electron chi connectivity index (χ3n) is 2.38. The van der Waals surface area contributed by atoms with Crippen molar-refractivity contribution in [3.8, 4) is 0 Å². The summed E-state index contributed by atoms with van der Waals surface area (Å²) in [6, 6.07) is 0. The van der Waals surface area contributed by atoms with Crippen LogP contribution in [0, 0.1) is 12.8 Å². The standard InChI is InChI=1S/C11H20N2S/c1-6-10(8(2)3)14-11-9(4)7-13(5)12-11/h7-8,10H,6H2,1-5H3. The Bertz CT molecular complexity index is 291. The maximum Gasteiger partial charge on any atom is 0.121 e. The molecule has 1 heterocycles. The van der Waals surface area contributed by atoms with Gasteiger partial charge in [-0.15, -0.1) is 11.8 Å². The molecule has 0 saturated carbocycles. The molecule has 0 bridgehead atoms. The third-order valence-corrected chi connectivity index (χ3v) is 4.18. The fraction of sp³-hybridized carbons (Fsp3) is 0.727. The quantitative estimate of drug-likeness (QED) is 0.713. The molecule has 0 saturated heterocycles. The summed E-state index contributed by atoms with van der Waals surface area (Å²) in [6.07, 6.45) is 3.29. The topological polar surface area (TPSA) is 17.8 Å². The van der Waals surface area contributed by atoms with E-state index in [1.807, 2.05) is 23.5 Å². The van der Waals surface area contributed by atoms with E-state index in [1.165, 1.54) is 17.0 Å². The van der Waals surface area contributed by atoms with Gasteiger partial charge in [0.1, 0.15) is 5.03 Å². The van der Waals surface area contributed by atoms with Gasteiger partial charge in [0.15, 0.2) is 0 Å². The highest BCUT2D eigenvalue weighted by Gasteiger charge is 2.15. The Hall–Kier alpha value is -0.440. The lowest BCUT2D eigenvalue weighted by molar-refractivity contribution is 0.592. The normalized spacial score (nSPS) is 13.6. The van der Waals surface area contributed by atoms with Crippen molar-refractivity contribution in [2.24, 2.45) is 13.0 Å². The van der Waals surface area contributed by atoms with Gasteiger partial charge in [0, 0.05) is 24.1 Å². The van der Waals surface area contributed by atoms with Gasteiger partial charge in [0.25, 0.3) is 0 Å². The zero-order chi connectivity index (χ0) is 10.7. The molecular formula is C11H20N2S. The molecule has 0 aliphatic heterocycles. The van der Waals surface area contributed by atoms with Gasteiger partial charge in [-0.05, 0) is 19.3 Å². The van der Waals surface area contributed by atoms with Crippen LogP contribution in [-0.2, 0) is 7.05 Å². The summed E-state index contributed by atoms with van der Waals surface area (Å²) >= 11 is 1.91. The van der Waals surface area contributed by atoms with Gasteiger partial charge < -0.3 is 0 Å². The zero-order valence-corrected chi connectivity index (χ0v) is 10.6. The first-order valence-corrected chi connectivity index (χ1v) is 6.09. The molecule has 1 aromatic rings. The molecule has 2 nitrogen and oxygen atoms in total. The zero-order valence-electron chi connectivity index (χ0n) is 9.74. The molecule has 0 spiro atoms. The predicted molar refractivity (Wildman–Crippen MR) is 62.7 cm³/mol. The van der Waals surface area contributed by atoms with Crippen molar-refractivity contribution in [2.75, 3.05) is 0 Å². The third kappa shape index (κ3) is 2.77. The minimum atomic E-state index is 0.684. The molecule has 1 aromatic heterocycles. The number of nitrogens with zero attached hydrogens (tertiary/aromatic N) is 2. The Morgan fingerprint density at radius 3 is 2.50 bits per heavy atom. The van der Waals surface area contributed by atoms with Crippen LogP contribution in [0.3, 0.4) is 0 Å². The molecular weight excluding hydrogens is 192 g/mol. The second kappa shape index (κ2) is 4.87. The number of hydrogen-bond donors (Lipinski definition) is 0. The van der Waals surface area contributed by atoms with Crippen LogP contribution in [0.25, 0.3) is 0 Å². The molecule has 80 valence electrons. The fourth-order valence-corrected chi connectivity index (χ4v) is 2.68. The SMILES string of the molecule is CCC(Sc1nn(C)cc1C)C(C)C. The Kier molecular flexibility index (Phi) is 4.05. The van der Waals surface area contributed by atoms with Gasteiger partial charge in [0.2, 0.25) is 0 Å². The highest BCUT2D eigenvalue weighted by molar-refractivity contribution is 7.99. The molecule has 0 aliphatic carbocycles. The van der Waals surface area contributed by atoms with E-state index in [9.17, 15) is 0 Å². The number of rotatable bonds is 4. The minimum Gasteiger partial charge on any atom is -0.274 e. The van der Waals surface area contributed by atoms with Gasteiger partial charge in [-0.25, -0.2) is 0 Å². The minimum absolute atomic E-state index is 0.684. The fourth-order valence-electron chi connectivity index (χ4n) is 1.54. The monoisotopic (exact) mass is 212 g/mol. The summed E-state index contributed by atoms with van der Waals surface area (Å²) in [5.74, 6) is 0.714. The Labute approximate surface area is 91.1 Å². The van der Waals surface area contributed by atoms with Gasteiger partial charge in [-0.2, -0.15) is 5.10 Å². The Balaban J connectivity index is 2.71. The van der Waals surface area contributed by atoms with Crippen molar-refractivity contribution in [3.05, 3.63) is 11.8 Å². The van der Waals surface area contributed by atoms with E-state index in [1.54, 1.807) is 0 Å². The maximum atomic E-state index is 4.46. The molecule has 0 aliphatic rings. The summed E-state index contributed by atoms with van der Waals surface area (Å²) in [5, 5.41) is 6.33. The number of aromatic nitrogens is 2. The van der Waals surface area contributed by atoms with E-state index in [0.717, 1.165) is 0 Å². The summed E-state index contributed by atoms with van der Waals surface area (Å²) in [4.78, 5) is 0. The first-order chi connectivity index (χ1) is 6.54. The Morgan fingerprint density at radius 2 is 2.14 bits per heavy atom. The molecule has 0 amide bonds. The summed E-state index contributed by atoms with van der Waals surface area (Å²) in [7, 11) is 1.98. The largest absolute Gasteiger partial charge is 0.274 e. The smallest absolute Gasteiger partial charge is 0.121 e. The lowest BCUT2D eigenvalue weighted by Crippen LogP contribution is -2.09. The van der Waals surface area contributed by atoms with Crippen molar-refractivity contribution in [2.45, 2.75) is 44.4 Å². The lowest BCUT2D eigenvalue weighted by Gasteiger charge is -2.17. The van der Waals surface area contributed by atoms with E-state index in [-0.39, 0.29) is 0 Å². The molecule has 0 fully saturated rings. The second-order valence-electron chi connectivity index (χ2n) is 4.10. The highest BCUT2D eigenvalue weighted by Crippen LogP contribution is 2.30. The van der Waals surface area contributed by atoms with E-state index in [0.29, 0.717) is 11.2 Å². The van der Waals surface area contributed by atoms with Crippen molar-refractivity contribution in [3.63, 3.8) is 0 Å². The van der Waals surface area contributed by atoms with Crippen LogP contribution in [0.2, 0.25) is 0 Å². The first-order valence-electron chi connectivity index (χ1n) is 5.21. The molecule has 1 unspecified atom stereocenters. The summed E-state index contributed by atoms with van der Waals surface area (Å²) in [5.41, 5.74) is 1.29. The van der Waals surface area contributed by atoms with Crippen LogP contribution in [0.4, 0.5) is 0 Å². The van der Waals surface area contributed by atoms with E-state index in [2.05, 4.69) is 39.0 Å². The molecule has 0 radical (unpaired) electrons. The Morgan fingerprint density at radius 1 is 1.50 bits per heavy atom. The molecule has 3 heteroatoms. The van der Waals surface area contributed by atoms with Crippen molar-refractivity contribution in [1.82, 2.24) is 9.78 Å². The van der Waals surface area contributed by atoms with E-state index < -0.39 is 0 Å². The van der Waals surface area contributed by atoms with Crippen LogP contribution >= 0.6 is 11.8 Å². The molecule has 0 N–H and O–H groups in total. The number of thioether (sulfide) groups is 1. The number of aryl methyl sites for hydroxylation is 2. The van der Waals surface area contributed by atoms with Gasteiger partial charge in [-0.1, -0.05) is 20.8 Å². The van der Waals surface area contributed by atoms with Gasteiger partial charge in [-0.3, -0.25) is 4.68 Å². The van der Waals surface area contributed by atoms with Crippen molar-refractivity contribution < 1.29 is 0 Å². The van der Waals surface area contributed by atoms with Gasteiger partial charge >= 0.3 is 0 Å². The average Bonchev–Trinajstić information content (AvgIpc) is 2.40. The maximum absolute atomic E-state index is 4.46. The van der Waals surface area contributed by atoms with Crippen LogP contribution in [0.5, 0.6) is 0 Å². The van der Waals surface area contributed by atoms with Crippen LogP contribution in [0.1, 0.15) is 32.8 Å². The van der Waals surface area contributed by atoms with Crippen molar-refractivity contribution >= 4 is 11.8 Å². The average molecular weight is 212 g/mol. The second-order valence-corrected chi connectivity index (χ2v) is 5.33. The highest BCUT2D eigenvalue weighted by atomic mass is 32.2. The summed E-state index contributed by atoms with van der Waals surface area (Å²) in [6.45, 7) is 8.93. The van der Waals surface area contributed by atoms with E-state index in [4.69, 9.17) is 0 Å². The predicted octanol–water partition coefficient (Wildman–Crippen LogP) is 3.26. The molecule has 14 heavy (non-hydrogen) atoms. The van der Waals surface area contributed by atoms with Crippen LogP contribution in [-0.4, -0.2) is 15.0 Å². The molecule has 1 rings (SSSR count).